The lowest BCUT2D eigenvalue weighted by Crippen LogP contribution is -2.27. The van der Waals surface area contributed by atoms with Crippen molar-refractivity contribution in [3.05, 3.63) is 54.1 Å². The number of anilines is 1. The van der Waals surface area contributed by atoms with Gasteiger partial charge in [-0.3, -0.25) is 14.5 Å². The van der Waals surface area contributed by atoms with Crippen molar-refractivity contribution < 1.29 is 9.53 Å². The number of carbonyl (C=O) groups excluding carboxylic acids is 1. The summed E-state index contributed by atoms with van der Waals surface area (Å²) in [6.07, 6.45) is 7.74. The van der Waals surface area contributed by atoms with Crippen molar-refractivity contribution in [2.45, 2.75) is 32.2 Å². The Hall–Kier alpha value is -3.75. The minimum atomic E-state index is -0.0399. The molecule has 0 unspecified atom stereocenters. The van der Waals surface area contributed by atoms with Gasteiger partial charge in [0, 0.05) is 50.1 Å². The molecule has 0 saturated carbocycles. The smallest absolute Gasteiger partial charge is 0.245 e. The molecule has 0 spiro atoms. The van der Waals surface area contributed by atoms with E-state index in [4.69, 9.17) is 9.72 Å². The van der Waals surface area contributed by atoms with Gasteiger partial charge in [-0.1, -0.05) is 0 Å². The number of hydrogen-bond donors (Lipinski definition) is 0. The van der Waals surface area contributed by atoms with Crippen LogP contribution in [0.25, 0.3) is 16.9 Å². The topological polar surface area (TPSA) is 90.4 Å². The number of fused-ring (bicyclic) bond motifs is 1. The average molecular weight is 432 g/mol. The lowest BCUT2D eigenvalue weighted by molar-refractivity contribution is 0.0984. The van der Waals surface area contributed by atoms with Gasteiger partial charge in [0.05, 0.1) is 19.0 Å². The van der Waals surface area contributed by atoms with Crippen LogP contribution < -0.4 is 9.64 Å². The van der Waals surface area contributed by atoms with Crippen LogP contribution in [-0.4, -0.2) is 54.8 Å². The van der Waals surface area contributed by atoms with E-state index in [9.17, 15) is 4.79 Å². The van der Waals surface area contributed by atoms with Crippen molar-refractivity contribution in [2.24, 2.45) is 7.05 Å². The predicted molar refractivity (Wildman–Crippen MR) is 120 cm³/mol. The summed E-state index contributed by atoms with van der Waals surface area (Å²) in [6, 6.07) is 7.86. The molecule has 0 bridgehead atoms. The van der Waals surface area contributed by atoms with Crippen LogP contribution >= 0.6 is 0 Å². The van der Waals surface area contributed by atoms with E-state index in [1.807, 2.05) is 18.3 Å². The van der Waals surface area contributed by atoms with Gasteiger partial charge in [0.2, 0.25) is 5.95 Å². The van der Waals surface area contributed by atoms with Gasteiger partial charge in [-0.05, 0) is 43.5 Å². The van der Waals surface area contributed by atoms with Crippen LogP contribution in [0.15, 0.2) is 42.9 Å². The number of Topliss-reactive ketones (excluding diaryl/α,β-unsaturated/α-hetero) is 1. The fraction of sp³-hybridized carbons (Fsp3) is 0.348. The lowest BCUT2D eigenvalue weighted by Gasteiger charge is -2.18. The van der Waals surface area contributed by atoms with E-state index in [1.54, 1.807) is 47.9 Å². The number of aryl methyl sites for hydroxylation is 1. The summed E-state index contributed by atoms with van der Waals surface area (Å²) >= 11 is 0. The molecule has 1 fully saturated rings. The maximum Gasteiger partial charge on any atom is 0.245 e. The maximum atomic E-state index is 13.3. The van der Waals surface area contributed by atoms with Gasteiger partial charge in [0.25, 0.3) is 0 Å². The van der Waals surface area contributed by atoms with Crippen LogP contribution in [0.2, 0.25) is 0 Å². The molecule has 1 atom stereocenters. The van der Waals surface area contributed by atoms with Crippen LogP contribution in [0, 0.1) is 0 Å². The molecule has 1 aliphatic rings. The summed E-state index contributed by atoms with van der Waals surface area (Å²) in [6.45, 7) is 3.18. The van der Waals surface area contributed by atoms with Gasteiger partial charge in [-0.25, -0.2) is 4.52 Å². The minimum absolute atomic E-state index is 0.0399. The summed E-state index contributed by atoms with van der Waals surface area (Å²) in [5, 5.41) is 8.91. The number of carbonyl (C=O) groups is 1. The van der Waals surface area contributed by atoms with Crippen molar-refractivity contribution >= 4 is 17.4 Å². The van der Waals surface area contributed by atoms with Crippen molar-refractivity contribution in [3.63, 3.8) is 0 Å². The highest BCUT2D eigenvalue weighted by Crippen LogP contribution is 2.26. The van der Waals surface area contributed by atoms with Gasteiger partial charge in [0.1, 0.15) is 11.4 Å². The Morgan fingerprint density at radius 2 is 2.16 bits per heavy atom. The van der Waals surface area contributed by atoms with Crippen LogP contribution in [0.3, 0.4) is 0 Å². The molecule has 32 heavy (non-hydrogen) atoms. The third kappa shape index (κ3) is 3.59. The molecule has 0 radical (unpaired) electrons. The first kappa shape index (κ1) is 20.2. The van der Waals surface area contributed by atoms with Crippen molar-refractivity contribution in [1.82, 2.24) is 29.4 Å². The highest BCUT2D eigenvalue weighted by molar-refractivity contribution is 6.01. The van der Waals surface area contributed by atoms with E-state index < -0.39 is 0 Å². The molecule has 0 aromatic carbocycles. The average Bonchev–Trinajstić information content (AvgIpc) is 3.51. The summed E-state index contributed by atoms with van der Waals surface area (Å²) in [5.41, 5.74) is 3.47. The molecule has 4 aromatic rings. The van der Waals surface area contributed by atoms with Crippen molar-refractivity contribution in [2.75, 3.05) is 18.6 Å². The Labute approximate surface area is 185 Å². The zero-order chi connectivity index (χ0) is 22.2. The van der Waals surface area contributed by atoms with Crippen molar-refractivity contribution in [3.8, 4) is 17.0 Å². The number of rotatable bonds is 6. The standard InChI is InChI=1S/C23H25N7O2/c1-15-5-4-9-29(15)23-26-21-12-16(7-10-30(21)27-23)11-20(31)22-18(14-25-28(22)2)19-13-17(32-3)6-8-24-19/h6-8,10,12-15H,4-5,9,11H2,1-3H3/t15-/m0/s1. The molecule has 5 rings (SSSR count). The molecule has 1 saturated heterocycles. The number of hydrogen-bond acceptors (Lipinski definition) is 7. The van der Waals surface area contributed by atoms with Crippen LogP contribution in [0.1, 0.15) is 35.8 Å². The first-order chi connectivity index (χ1) is 15.5. The summed E-state index contributed by atoms with van der Waals surface area (Å²) < 4.78 is 8.66. The van der Waals surface area contributed by atoms with Gasteiger partial charge in [-0.2, -0.15) is 10.1 Å². The maximum absolute atomic E-state index is 13.3. The van der Waals surface area contributed by atoms with E-state index >= 15 is 0 Å². The second-order valence-corrected chi connectivity index (χ2v) is 8.15. The number of ketones is 1. The zero-order valence-corrected chi connectivity index (χ0v) is 18.4. The van der Waals surface area contributed by atoms with Gasteiger partial charge in [-0.15, -0.1) is 5.10 Å². The fourth-order valence-corrected chi connectivity index (χ4v) is 4.28. The van der Waals surface area contributed by atoms with Crippen LogP contribution in [0.4, 0.5) is 5.95 Å². The molecule has 4 aromatic heterocycles. The van der Waals surface area contributed by atoms with E-state index in [0.29, 0.717) is 28.7 Å². The highest BCUT2D eigenvalue weighted by Gasteiger charge is 2.24. The monoisotopic (exact) mass is 431 g/mol. The largest absolute Gasteiger partial charge is 0.497 e. The predicted octanol–water partition coefficient (Wildman–Crippen LogP) is 2.95. The molecule has 0 amide bonds. The quantitative estimate of drug-likeness (QED) is 0.434. The van der Waals surface area contributed by atoms with Crippen LogP contribution in [0.5, 0.6) is 5.75 Å². The normalized spacial score (nSPS) is 16.1. The van der Waals surface area contributed by atoms with Crippen LogP contribution in [-0.2, 0) is 13.5 Å². The van der Waals surface area contributed by atoms with Gasteiger partial charge < -0.3 is 9.64 Å². The van der Waals surface area contributed by atoms with E-state index in [0.717, 1.165) is 36.5 Å². The number of aromatic nitrogens is 6. The second-order valence-electron chi connectivity index (χ2n) is 8.15. The SMILES string of the molecule is COc1ccnc(-c2cnn(C)c2C(=O)Cc2ccn3nc(N4CCC[C@@H]4C)nc3c2)c1. The summed E-state index contributed by atoms with van der Waals surface area (Å²) in [5.74, 6) is 1.39. The Morgan fingerprint density at radius 3 is 2.94 bits per heavy atom. The number of nitrogens with zero attached hydrogens (tertiary/aromatic N) is 7. The lowest BCUT2D eigenvalue weighted by atomic mass is 10.0. The summed E-state index contributed by atoms with van der Waals surface area (Å²) in [7, 11) is 3.37. The molecular formula is C23H25N7O2. The van der Waals surface area contributed by atoms with Crippen molar-refractivity contribution in [1.29, 1.82) is 0 Å². The number of ether oxygens (including phenoxy) is 1. The Morgan fingerprint density at radius 1 is 1.28 bits per heavy atom. The molecule has 164 valence electrons. The number of methoxy groups -OCH3 is 1. The van der Waals surface area contributed by atoms with E-state index in [1.165, 1.54) is 0 Å². The first-order valence-corrected chi connectivity index (χ1v) is 10.7. The third-order valence-electron chi connectivity index (χ3n) is 6.01. The molecule has 5 heterocycles. The summed E-state index contributed by atoms with van der Waals surface area (Å²) in [4.78, 5) is 24.6. The first-order valence-electron chi connectivity index (χ1n) is 10.7. The van der Waals surface area contributed by atoms with Gasteiger partial charge in [0.15, 0.2) is 11.4 Å². The Kier molecular flexibility index (Phi) is 5.08. The molecule has 9 heteroatoms. The Balaban J connectivity index is 1.42. The fourth-order valence-electron chi connectivity index (χ4n) is 4.28. The Bertz CT molecular complexity index is 1290. The van der Waals surface area contributed by atoms with Gasteiger partial charge >= 0.3 is 0 Å². The highest BCUT2D eigenvalue weighted by atomic mass is 16.5. The molecule has 0 aliphatic carbocycles. The van der Waals surface area contributed by atoms with E-state index in [2.05, 4.69) is 27.0 Å². The van der Waals surface area contributed by atoms with E-state index in [-0.39, 0.29) is 12.2 Å². The number of pyridine rings is 2. The minimum Gasteiger partial charge on any atom is -0.497 e. The zero-order valence-electron chi connectivity index (χ0n) is 18.4. The molecule has 0 N–H and O–H groups in total. The molecular weight excluding hydrogens is 406 g/mol. The second kappa shape index (κ2) is 8.07. The molecule has 9 nitrogen and oxygen atoms in total. The molecule has 1 aliphatic heterocycles. The third-order valence-corrected chi connectivity index (χ3v) is 6.01.